The van der Waals surface area contributed by atoms with Crippen molar-refractivity contribution in [1.29, 1.82) is 0 Å². The lowest BCUT2D eigenvalue weighted by molar-refractivity contribution is -0.175. The first-order valence-electron chi connectivity index (χ1n) is 9.64. The molecule has 0 saturated heterocycles. The van der Waals surface area contributed by atoms with Gasteiger partial charge in [-0.05, 0) is 22.3 Å². The number of rotatable bonds is 8. The van der Waals surface area contributed by atoms with Gasteiger partial charge < -0.3 is 14.6 Å². The average molecular weight is 437 g/mol. The molecule has 0 heterocycles. The number of ether oxygens (including phenoxy) is 2. The van der Waals surface area contributed by atoms with Crippen LogP contribution >= 0.6 is 0 Å². The number of likely N-dealkylation sites (N-methyl/N-ethyl adjacent to an activating group) is 1. The van der Waals surface area contributed by atoms with Crippen molar-refractivity contribution in [1.82, 2.24) is 4.90 Å². The maximum Gasteiger partial charge on any atom is 0.411 e. The van der Waals surface area contributed by atoms with Gasteiger partial charge in [-0.3, -0.25) is 4.90 Å². The molecule has 6 nitrogen and oxygen atoms in total. The number of nitrogens with zero attached hydrogens (tertiary/aromatic N) is 1. The van der Waals surface area contributed by atoms with Crippen molar-refractivity contribution in [3.8, 4) is 11.1 Å². The lowest BCUT2D eigenvalue weighted by atomic mass is 9.98. The predicted molar refractivity (Wildman–Crippen MR) is 106 cm³/mol. The summed E-state index contributed by atoms with van der Waals surface area (Å²) in [4.78, 5) is 24.8. The van der Waals surface area contributed by atoms with Crippen molar-refractivity contribution in [3.63, 3.8) is 0 Å². The first-order valence-corrected chi connectivity index (χ1v) is 9.64. The zero-order chi connectivity index (χ0) is 22.6. The van der Waals surface area contributed by atoms with E-state index in [9.17, 15) is 27.9 Å². The molecule has 0 bridgehead atoms. The molecule has 0 aliphatic heterocycles. The quantitative estimate of drug-likeness (QED) is 0.624. The van der Waals surface area contributed by atoms with E-state index in [2.05, 4.69) is 4.74 Å². The molecule has 0 aromatic heterocycles. The number of fused-ring (bicyclic) bond motifs is 3. The minimum absolute atomic E-state index is 0.00805. The fourth-order valence-corrected chi connectivity index (χ4v) is 3.69. The van der Waals surface area contributed by atoms with Gasteiger partial charge >= 0.3 is 18.2 Å². The van der Waals surface area contributed by atoms with Gasteiger partial charge in [0.15, 0.2) is 0 Å². The van der Waals surface area contributed by atoms with Gasteiger partial charge in [0.05, 0.1) is 0 Å². The van der Waals surface area contributed by atoms with E-state index in [0.717, 1.165) is 27.2 Å². The minimum Gasteiger partial charge on any atom is -0.480 e. The van der Waals surface area contributed by atoms with Crippen LogP contribution in [-0.4, -0.2) is 61.2 Å². The fourth-order valence-electron chi connectivity index (χ4n) is 3.69. The van der Waals surface area contributed by atoms with Crippen molar-refractivity contribution in [3.05, 3.63) is 59.7 Å². The van der Waals surface area contributed by atoms with E-state index in [0.29, 0.717) is 0 Å². The Morgan fingerprint density at radius 1 is 1.06 bits per heavy atom. The second kappa shape index (κ2) is 9.38. The Morgan fingerprint density at radius 2 is 1.61 bits per heavy atom. The number of alkyl halides is 3. The Bertz CT molecular complexity index is 901. The van der Waals surface area contributed by atoms with Crippen LogP contribution < -0.4 is 0 Å². The Morgan fingerprint density at radius 3 is 2.13 bits per heavy atom. The second-order valence-corrected chi connectivity index (χ2v) is 7.23. The summed E-state index contributed by atoms with van der Waals surface area (Å²) in [6, 6.07) is 14.2. The van der Waals surface area contributed by atoms with Crippen molar-refractivity contribution >= 4 is 12.1 Å². The maximum atomic E-state index is 12.5. The summed E-state index contributed by atoms with van der Waals surface area (Å²) in [5, 5.41) is 9.36. The Kier molecular flexibility index (Phi) is 6.84. The summed E-state index contributed by atoms with van der Waals surface area (Å²) in [6.07, 6.45) is -5.67. The number of benzene rings is 2. The van der Waals surface area contributed by atoms with Gasteiger partial charge in [0.2, 0.25) is 0 Å². The van der Waals surface area contributed by atoms with Crippen LogP contribution in [0.3, 0.4) is 0 Å². The summed E-state index contributed by atoms with van der Waals surface area (Å²) in [5.41, 5.74) is 4.12. The molecule has 2 aromatic rings. The van der Waals surface area contributed by atoms with Crippen LogP contribution in [0.2, 0.25) is 0 Å². The number of carbonyl (C=O) groups excluding carboxylic acids is 1. The summed E-state index contributed by atoms with van der Waals surface area (Å²) in [7, 11) is 1.24. The molecule has 1 aliphatic carbocycles. The van der Waals surface area contributed by atoms with E-state index in [-0.39, 0.29) is 18.9 Å². The summed E-state index contributed by atoms with van der Waals surface area (Å²) in [6.45, 7) is -1.93. The van der Waals surface area contributed by atoms with E-state index < -0.39 is 37.5 Å². The van der Waals surface area contributed by atoms with Crippen LogP contribution in [0.1, 0.15) is 23.5 Å². The number of carbonyl (C=O) groups is 2. The van der Waals surface area contributed by atoms with Crippen molar-refractivity contribution in [2.75, 3.05) is 26.9 Å². The predicted octanol–water partition coefficient (Wildman–Crippen LogP) is 4.29. The van der Waals surface area contributed by atoms with Crippen molar-refractivity contribution in [2.24, 2.45) is 0 Å². The number of carboxylic acids is 1. The van der Waals surface area contributed by atoms with E-state index in [1.807, 2.05) is 48.5 Å². The molecule has 1 N–H and O–H groups in total. The van der Waals surface area contributed by atoms with Crippen LogP contribution in [0.4, 0.5) is 18.0 Å². The molecule has 9 heteroatoms. The lowest BCUT2D eigenvalue weighted by Gasteiger charge is -2.25. The molecule has 0 fully saturated rings. The first-order chi connectivity index (χ1) is 14.7. The van der Waals surface area contributed by atoms with Gasteiger partial charge in [-0.1, -0.05) is 48.5 Å². The monoisotopic (exact) mass is 437 g/mol. The summed E-state index contributed by atoms with van der Waals surface area (Å²) >= 11 is 0. The number of hydrogen-bond acceptors (Lipinski definition) is 4. The second-order valence-electron chi connectivity index (χ2n) is 7.23. The zero-order valence-electron chi connectivity index (χ0n) is 16.8. The number of halogens is 3. The highest BCUT2D eigenvalue weighted by atomic mass is 19.4. The van der Waals surface area contributed by atoms with Crippen LogP contribution in [0.25, 0.3) is 11.1 Å². The summed E-state index contributed by atoms with van der Waals surface area (Å²) in [5.74, 6) is -1.55. The number of hydrogen-bond donors (Lipinski definition) is 1. The highest BCUT2D eigenvalue weighted by Gasteiger charge is 2.32. The van der Waals surface area contributed by atoms with Gasteiger partial charge in [0, 0.05) is 26.0 Å². The third-order valence-electron chi connectivity index (χ3n) is 5.18. The molecule has 1 amide bonds. The molecule has 2 aromatic carbocycles. The largest absolute Gasteiger partial charge is 0.480 e. The molecule has 166 valence electrons. The van der Waals surface area contributed by atoms with Crippen LogP contribution in [0.15, 0.2) is 48.5 Å². The van der Waals surface area contributed by atoms with Gasteiger partial charge in [0.25, 0.3) is 0 Å². The molecule has 0 saturated carbocycles. The smallest absolute Gasteiger partial charge is 0.411 e. The van der Waals surface area contributed by atoms with Gasteiger partial charge in [-0.15, -0.1) is 0 Å². The van der Waals surface area contributed by atoms with Gasteiger partial charge in [-0.25, -0.2) is 9.59 Å². The average Bonchev–Trinajstić information content (AvgIpc) is 3.04. The molecule has 0 unspecified atom stereocenters. The van der Waals surface area contributed by atoms with Crippen LogP contribution in [-0.2, 0) is 14.3 Å². The molecule has 0 radical (unpaired) electrons. The van der Waals surface area contributed by atoms with Crippen molar-refractivity contribution in [2.45, 2.75) is 24.6 Å². The Balaban J connectivity index is 1.62. The zero-order valence-corrected chi connectivity index (χ0v) is 16.8. The van der Waals surface area contributed by atoms with E-state index in [1.54, 1.807) is 0 Å². The normalized spacial score (nSPS) is 13.9. The maximum absolute atomic E-state index is 12.5. The van der Waals surface area contributed by atoms with Crippen LogP contribution in [0, 0.1) is 0 Å². The molecule has 1 aliphatic rings. The molecule has 1 atom stereocenters. The lowest BCUT2D eigenvalue weighted by Crippen LogP contribution is -2.43. The van der Waals surface area contributed by atoms with Gasteiger partial charge in [-0.2, -0.15) is 13.2 Å². The molecule has 3 rings (SSSR count). The Labute approximate surface area is 177 Å². The SMILES string of the molecule is CN(C(=O)OCC1c2ccccc2-c2ccccc21)[C@@H](CCOCC(F)(F)F)C(=O)O. The van der Waals surface area contributed by atoms with E-state index >= 15 is 0 Å². The third kappa shape index (κ3) is 5.35. The summed E-state index contributed by atoms with van der Waals surface area (Å²) < 4.78 is 46.3. The molecular formula is C22H22F3NO5. The van der Waals surface area contributed by atoms with Gasteiger partial charge in [0.1, 0.15) is 19.3 Å². The minimum atomic E-state index is -4.50. The van der Waals surface area contributed by atoms with E-state index in [4.69, 9.17) is 4.74 Å². The van der Waals surface area contributed by atoms with E-state index in [1.165, 1.54) is 7.05 Å². The topological polar surface area (TPSA) is 76.1 Å². The number of aliphatic carboxylic acids is 1. The standard InChI is InChI=1S/C22H22F3NO5/c1-26(19(20(27)28)10-11-30-13-22(23,24)25)21(29)31-12-18-16-8-4-2-6-14(16)15-7-3-5-9-17(15)18/h2-9,18-19H,10-13H2,1H3,(H,27,28)/t19-/m0/s1. The number of carboxylic acid groups (broad SMARTS) is 1. The molecular weight excluding hydrogens is 415 g/mol. The first kappa shape index (κ1) is 22.6. The fraction of sp³-hybridized carbons (Fsp3) is 0.364. The Hall–Kier alpha value is -3.07. The molecule has 31 heavy (non-hydrogen) atoms. The highest BCUT2D eigenvalue weighted by Crippen LogP contribution is 2.44. The van der Waals surface area contributed by atoms with Crippen molar-refractivity contribution < 1.29 is 37.3 Å². The molecule has 0 spiro atoms. The van der Waals surface area contributed by atoms with Crippen LogP contribution in [0.5, 0.6) is 0 Å². The third-order valence-corrected chi connectivity index (χ3v) is 5.18. The number of amides is 1. The highest BCUT2D eigenvalue weighted by molar-refractivity contribution is 5.81.